The van der Waals surface area contributed by atoms with E-state index in [9.17, 15) is 14.7 Å². The number of thioether (sulfide) groups is 2. The van der Waals surface area contributed by atoms with E-state index in [2.05, 4.69) is 4.90 Å². The third kappa shape index (κ3) is 2.32. The first-order valence-corrected chi connectivity index (χ1v) is 10.8. The van der Waals surface area contributed by atoms with E-state index in [1.54, 1.807) is 0 Å². The van der Waals surface area contributed by atoms with E-state index in [1.165, 1.54) is 17.8 Å². The lowest BCUT2D eigenvalue weighted by Gasteiger charge is -2.41. The smallest absolute Gasteiger partial charge is 0.340 e. The number of rotatable bonds is 2. The van der Waals surface area contributed by atoms with Crippen LogP contribution in [0, 0.1) is 5.82 Å². The van der Waals surface area contributed by atoms with Crippen LogP contribution < -0.4 is 9.80 Å². The zero-order chi connectivity index (χ0) is 18.9. The number of allylic oxidation sites excluding steroid dienone is 1. The fourth-order valence-corrected chi connectivity index (χ4v) is 6.58. The SMILES string of the molecule is CN1CC2=CSC3=C(C(=O)O)C(=O)c4cc(F)c(N5CCSCC5)c1c4C23. The molecule has 0 bridgehead atoms. The minimum absolute atomic E-state index is 0.198. The number of hydrogen-bond donors (Lipinski definition) is 1. The summed E-state index contributed by atoms with van der Waals surface area (Å²) in [5, 5.41) is 11.6. The van der Waals surface area contributed by atoms with Crippen molar-refractivity contribution in [3.8, 4) is 0 Å². The number of ketones is 1. The quantitative estimate of drug-likeness (QED) is 0.760. The van der Waals surface area contributed by atoms with Gasteiger partial charge in [-0.3, -0.25) is 4.79 Å². The fraction of sp³-hybridized carbons (Fsp3) is 0.368. The summed E-state index contributed by atoms with van der Waals surface area (Å²) in [6, 6.07) is 1.26. The van der Waals surface area contributed by atoms with E-state index in [1.807, 2.05) is 29.1 Å². The second-order valence-corrected chi connectivity index (χ2v) is 9.23. The van der Waals surface area contributed by atoms with Gasteiger partial charge in [-0.05, 0) is 17.0 Å². The molecule has 0 spiro atoms. The number of nitrogens with zero attached hydrogens (tertiary/aromatic N) is 2. The summed E-state index contributed by atoms with van der Waals surface area (Å²) in [7, 11) is 1.91. The lowest BCUT2D eigenvalue weighted by molar-refractivity contribution is -0.132. The van der Waals surface area contributed by atoms with Crippen molar-refractivity contribution in [2.45, 2.75) is 5.92 Å². The Bertz CT molecular complexity index is 966. The molecule has 1 aromatic carbocycles. The summed E-state index contributed by atoms with van der Waals surface area (Å²) in [6.45, 7) is 2.13. The Kier molecular flexibility index (Phi) is 3.84. The minimum atomic E-state index is -1.24. The van der Waals surface area contributed by atoms with Gasteiger partial charge in [0.15, 0.2) is 0 Å². The number of carbonyl (C=O) groups is 2. The van der Waals surface area contributed by atoms with Crippen LogP contribution in [0.4, 0.5) is 15.8 Å². The van der Waals surface area contributed by atoms with Gasteiger partial charge in [0, 0.05) is 60.1 Å². The molecule has 0 amide bonds. The third-order valence-corrected chi connectivity index (χ3v) is 7.64. The van der Waals surface area contributed by atoms with Gasteiger partial charge in [-0.2, -0.15) is 11.8 Å². The fourth-order valence-electron chi connectivity index (χ4n) is 4.49. The maximum absolute atomic E-state index is 15.2. The standard InChI is InChI=1S/C19H17FN2O3S2/c1-21-7-9-8-27-18-12(9)13-10(17(23)14(18)19(24)25)6-11(20)15(16(13)21)22-2-4-26-5-3-22/h6,8,12H,2-5,7H2,1H3,(H,24,25). The molecule has 0 aromatic heterocycles. The van der Waals surface area contributed by atoms with E-state index in [4.69, 9.17) is 0 Å². The summed E-state index contributed by atoms with van der Waals surface area (Å²) in [5.41, 5.74) is 3.14. The molecule has 5 nitrogen and oxygen atoms in total. The van der Waals surface area contributed by atoms with Crippen molar-refractivity contribution in [3.63, 3.8) is 0 Å². The van der Waals surface area contributed by atoms with Crippen molar-refractivity contribution < 1.29 is 19.1 Å². The lowest BCUT2D eigenvalue weighted by atomic mass is 9.75. The number of halogens is 1. The molecule has 3 aliphatic heterocycles. The molecule has 1 atom stereocenters. The van der Waals surface area contributed by atoms with E-state index < -0.39 is 17.6 Å². The van der Waals surface area contributed by atoms with E-state index in [-0.39, 0.29) is 17.1 Å². The van der Waals surface area contributed by atoms with Crippen molar-refractivity contribution in [1.29, 1.82) is 0 Å². The Labute approximate surface area is 164 Å². The molecule has 140 valence electrons. The van der Waals surface area contributed by atoms with Crippen LogP contribution in [-0.2, 0) is 4.79 Å². The van der Waals surface area contributed by atoms with Crippen LogP contribution in [0.25, 0.3) is 0 Å². The van der Waals surface area contributed by atoms with Crippen molar-refractivity contribution in [3.05, 3.63) is 44.5 Å². The first-order valence-electron chi connectivity index (χ1n) is 8.77. The number of benzene rings is 1. The Morgan fingerprint density at radius 3 is 2.74 bits per heavy atom. The van der Waals surface area contributed by atoms with Crippen molar-refractivity contribution in [2.24, 2.45) is 0 Å². The molecule has 0 saturated carbocycles. The van der Waals surface area contributed by atoms with Crippen LogP contribution in [0.15, 0.2) is 27.5 Å². The Morgan fingerprint density at radius 1 is 1.30 bits per heavy atom. The average Bonchev–Trinajstić information content (AvgIpc) is 3.05. The van der Waals surface area contributed by atoms with Gasteiger partial charge in [0.1, 0.15) is 11.4 Å². The molecule has 1 aliphatic carbocycles. The number of carboxylic acids is 1. The van der Waals surface area contributed by atoms with Gasteiger partial charge in [-0.1, -0.05) is 0 Å². The molecule has 1 unspecified atom stereocenters. The number of hydrogen-bond acceptors (Lipinski definition) is 6. The van der Waals surface area contributed by atoms with Gasteiger partial charge >= 0.3 is 5.97 Å². The van der Waals surface area contributed by atoms with E-state index in [0.717, 1.165) is 41.4 Å². The molecule has 1 aromatic rings. The normalized spacial score (nSPS) is 23.6. The third-order valence-electron chi connectivity index (χ3n) is 5.59. The number of Topliss-reactive ketones (excluding diaryl/α,β-unsaturated/α-hetero) is 1. The molecule has 4 aliphatic rings. The maximum Gasteiger partial charge on any atom is 0.340 e. The molecular formula is C19H17FN2O3S2. The summed E-state index contributed by atoms with van der Waals surface area (Å²) in [4.78, 5) is 29.4. The van der Waals surface area contributed by atoms with Gasteiger partial charge in [0.25, 0.3) is 0 Å². The van der Waals surface area contributed by atoms with Crippen LogP contribution in [0.3, 0.4) is 0 Å². The molecule has 8 heteroatoms. The highest BCUT2D eigenvalue weighted by Gasteiger charge is 2.47. The lowest BCUT2D eigenvalue weighted by Crippen LogP contribution is -2.39. The topological polar surface area (TPSA) is 60.9 Å². The van der Waals surface area contributed by atoms with Crippen LogP contribution in [0.2, 0.25) is 0 Å². The van der Waals surface area contributed by atoms with Gasteiger partial charge < -0.3 is 14.9 Å². The van der Waals surface area contributed by atoms with Crippen LogP contribution in [0.5, 0.6) is 0 Å². The molecule has 1 N–H and O–H groups in total. The van der Waals surface area contributed by atoms with Crippen molar-refractivity contribution >= 4 is 46.7 Å². The molecular weight excluding hydrogens is 387 g/mol. The Morgan fingerprint density at radius 2 is 2.04 bits per heavy atom. The van der Waals surface area contributed by atoms with Crippen LogP contribution in [-0.4, -0.2) is 55.0 Å². The maximum atomic E-state index is 15.2. The number of carboxylic acid groups (broad SMARTS) is 1. The summed E-state index contributed by atoms with van der Waals surface area (Å²) in [6.07, 6.45) is 0. The largest absolute Gasteiger partial charge is 0.478 e. The summed E-state index contributed by atoms with van der Waals surface area (Å²) in [5.74, 6) is -0.613. The molecule has 27 heavy (non-hydrogen) atoms. The van der Waals surface area contributed by atoms with E-state index in [0.29, 0.717) is 17.1 Å². The second kappa shape index (κ2) is 6.04. The number of anilines is 2. The molecule has 1 saturated heterocycles. The zero-order valence-electron chi connectivity index (χ0n) is 14.6. The van der Waals surface area contributed by atoms with Gasteiger partial charge in [-0.15, -0.1) is 11.8 Å². The summed E-state index contributed by atoms with van der Waals surface area (Å²) >= 11 is 3.18. The average molecular weight is 404 g/mol. The monoisotopic (exact) mass is 404 g/mol. The Hall–Kier alpha value is -1.93. The van der Waals surface area contributed by atoms with Gasteiger partial charge in [0.05, 0.1) is 11.4 Å². The molecule has 1 fully saturated rings. The number of likely N-dealkylation sites (N-methyl/N-ethyl adjacent to an activating group) is 1. The van der Waals surface area contributed by atoms with Gasteiger partial charge in [-0.25, -0.2) is 9.18 Å². The highest BCUT2D eigenvalue weighted by atomic mass is 32.2. The first kappa shape index (κ1) is 17.2. The Balaban J connectivity index is 1.79. The first-order chi connectivity index (χ1) is 13.0. The highest BCUT2D eigenvalue weighted by Crippen LogP contribution is 2.58. The second-order valence-electron chi connectivity index (χ2n) is 7.09. The predicted octanol–water partition coefficient (Wildman–Crippen LogP) is 3.08. The molecule has 3 heterocycles. The van der Waals surface area contributed by atoms with Crippen molar-refractivity contribution in [1.82, 2.24) is 0 Å². The van der Waals surface area contributed by atoms with Gasteiger partial charge in [0.2, 0.25) is 5.78 Å². The van der Waals surface area contributed by atoms with Crippen molar-refractivity contribution in [2.75, 3.05) is 48.0 Å². The van der Waals surface area contributed by atoms with Crippen LogP contribution in [0.1, 0.15) is 21.8 Å². The minimum Gasteiger partial charge on any atom is -0.478 e. The highest BCUT2D eigenvalue weighted by molar-refractivity contribution is 8.06. The number of aliphatic carboxylic acids is 1. The predicted molar refractivity (Wildman–Crippen MR) is 107 cm³/mol. The van der Waals surface area contributed by atoms with Crippen LogP contribution >= 0.6 is 23.5 Å². The zero-order valence-corrected chi connectivity index (χ0v) is 16.3. The molecule has 0 radical (unpaired) electrons. The number of carbonyl (C=O) groups excluding carboxylic acids is 1. The molecule has 5 rings (SSSR count). The summed E-state index contributed by atoms with van der Waals surface area (Å²) < 4.78 is 15.2. The van der Waals surface area contributed by atoms with E-state index >= 15 is 4.39 Å².